The summed E-state index contributed by atoms with van der Waals surface area (Å²) < 4.78 is 0. The van der Waals surface area contributed by atoms with Crippen LogP contribution in [-0.4, -0.2) is 26.8 Å². The first-order chi connectivity index (χ1) is 11.7. The van der Waals surface area contributed by atoms with Gasteiger partial charge in [0.25, 0.3) is 0 Å². The quantitative estimate of drug-likeness (QED) is 0.601. The van der Waals surface area contributed by atoms with E-state index in [9.17, 15) is 15.0 Å². The first kappa shape index (κ1) is 17.0. The van der Waals surface area contributed by atoms with Crippen LogP contribution in [0, 0.1) is 18.8 Å². The fourth-order valence-electron chi connectivity index (χ4n) is 2.65. The SMILES string of the molecule is Cc1nc(C#CC(C)(C)O)ccc1-c1cccc2c1NC(=O)NC2O. The molecule has 1 aromatic heterocycles. The standard InChI is InChI=1S/C19H19N3O3/c1-11-13(8-7-12(20-11)9-10-19(2,3)25)14-5-4-6-15-16(14)21-18(24)22-17(15)23/h4-8,17,23,25H,1-3H3,(H2,21,22,24). The lowest BCUT2D eigenvalue weighted by Gasteiger charge is -2.25. The maximum Gasteiger partial charge on any atom is 0.321 e. The Balaban J connectivity index is 2.05. The Morgan fingerprint density at radius 2 is 1.96 bits per heavy atom. The molecule has 1 aliphatic heterocycles. The van der Waals surface area contributed by atoms with Crippen molar-refractivity contribution in [3.63, 3.8) is 0 Å². The van der Waals surface area contributed by atoms with Gasteiger partial charge in [-0.25, -0.2) is 9.78 Å². The molecule has 1 aromatic carbocycles. The van der Waals surface area contributed by atoms with Gasteiger partial charge in [-0.1, -0.05) is 24.1 Å². The number of urea groups is 1. The fourth-order valence-corrected chi connectivity index (χ4v) is 2.65. The average molecular weight is 337 g/mol. The Labute approximate surface area is 145 Å². The second kappa shape index (κ2) is 6.20. The van der Waals surface area contributed by atoms with Crippen molar-refractivity contribution >= 4 is 11.7 Å². The molecule has 6 nitrogen and oxygen atoms in total. The van der Waals surface area contributed by atoms with Gasteiger partial charge in [-0.15, -0.1) is 0 Å². The summed E-state index contributed by atoms with van der Waals surface area (Å²) >= 11 is 0. The molecule has 6 heteroatoms. The van der Waals surface area contributed by atoms with E-state index in [4.69, 9.17) is 0 Å². The van der Waals surface area contributed by atoms with E-state index < -0.39 is 17.9 Å². The minimum Gasteiger partial charge on any atom is -0.378 e. The molecule has 1 unspecified atom stereocenters. The first-order valence-corrected chi connectivity index (χ1v) is 7.87. The normalized spacial score (nSPS) is 16.2. The molecule has 2 heterocycles. The fraction of sp³-hybridized carbons (Fsp3) is 0.263. The lowest BCUT2D eigenvalue weighted by molar-refractivity contribution is 0.143. The monoisotopic (exact) mass is 337 g/mol. The van der Waals surface area contributed by atoms with Crippen molar-refractivity contribution in [2.24, 2.45) is 0 Å². The molecular formula is C19H19N3O3. The molecule has 1 atom stereocenters. The third-order valence-electron chi connectivity index (χ3n) is 3.77. The molecule has 4 N–H and O–H groups in total. The first-order valence-electron chi connectivity index (χ1n) is 7.87. The van der Waals surface area contributed by atoms with E-state index in [-0.39, 0.29) is 0 Å². The topological polar surface area (TPSA) is 94.5 Å². The number of hydrogen-bond acceptors (Lipinski definition) is 4. The molecule has 2 amide bonds. The van der Waals surface area contributed by atoms with Gasteiger partial charge in [0.2, 0.25) is 0 Å². The summed E-state index contributed by atoms with van der Waals surface area (Å²) in [6.07, 6.45) is -1.05. The maximum absolute atomic E-state index is 11.7. The van der Waals surface area contributed by atoms with Crippen molar-refractivity contribution in [2.45, 2.75) is 32.6 Å². The lowest BCUT2D eigenvalue weighted by Crippen LogP contribution is -2.37. The van der Waals surface area contributed by atoms with Crippen LogP contribution >= 0.6 is 0 Å². The molecular weight excluding hydrogens is 318 g/mol. The van der Waals surface area contributed by atoms with Crippen LogP contribution in [0.4, 0.5) is 10.5 Å². The number of amides is 2. The number of aliphatic hydroxyl groups is 2. The van der Waals surface area contributed by atoms with Crippen molar-refractivity contribution < 1.29 is 15.0 Å². The van der Waals surface area contributed by atoms with Gasteiger partial charge in [0.1, 0.15) is 11.3 Å². The highest BCUT2D eigenvalue weighted by Crippen LogP contribution is 2.36. The largest absolute Gasteiger partial charge is 0.378 e. The molecule has 1 aliphatic rings. The zero-order chi connectivity index (χ0) is 18.2. The Hall–Kier alpha value is -2.88. The molecule has 0 aliphatic carbocycles. The van der Waals surface area contributed by atoms with Crippen LogP contribution in [0.2, 0.25) is 0 Å². The number of para-hydroxylation sites is 1. The van der Waals surface area contributed by atoms with Crippen molar-refractivity contribution in [3.8, 4) is 23.0 Å². The number of aryl methyl sites for hydroxylation is 1. The van der Waals surface area contributed by atoms with Crippen LogP contribution in [0.5, 0.6) is 0 Å². The zero-order valence-corrected chi connectivity index (χ0v) is 14.2. The maximum atomic E-state index is 11.7. The van der Waals surface area contributed by atoms with Crippen LogP contribution in [0.3, 0.4) is 0 Å². The van der Waals surface area contributed by atoms with Crippen molar-refractivity contribution in [1.29, 1.82) is 0 Å². The van der Waals surface area contributed by atoms with Crippen LogP contribution in [0.1, 0.15) is 37.0 Å². The van der Waals surface area contributed by atoms with Crippen molar-refractivity contribution in [1.82, 2.24) is 10.3 Å². The molecule has 0 bridgehead atoms. The van der Waals surface area contributed by atoms with Gasteiger partial charge in [-0.3, -0.25) is 0 Å². The molecule has 0 saturated heterocycles. The second-order valence-electron chi connectivity index (χ2n) is 6.41. The van der Waals surface area contributed by atoms with E-state index in [2.05, 4.69) is 27.5 Å². The number of anilines is 1. The lowest BCUT2D eigenvalue weighted by atomic mass is 9.97. The van der Waals surface area contributed by atoms with Crippen molar-refractivity contribution in [3.05, 3.63) is 47.3 Å². The molecule has 0 radical (unpaired) electrons. The summed E-state index contributed by atoms with van der Waals surface area (Å²) in [7, 11) is 0. The number of benzene rings is 1. The number of aliphatic hydroxyl groups excluding tert-OH is 1. The molecule has 2 aromatic rings. The van der Waals surface area contributed by atoms with E-state index in [0.717, 1.165) is 16.8 Å². The number of rotatable bonds is 1. The Bertz CT molecular complexity index is 904. The minimum absolute atomic E-state index is 0.453. The second-order valence-corrected chi connectivity index (χ2v) is 6.41. The summed E-state index contributed by atoms with van der Waals surface area (Å²) in [5.74, 6) is 5.58. The Kier molecular flexibility index (Phi) is 4.21. The molecule has 0 fully saturated rings. The molecule has 0 spiro atoms. The smallest absolute Gasteiger partial charge is 0.321 e. The summed E-state index contributed by atoms with van der Waals surface area (Å²) in [6, 6.07) is 8.61. The number of carbonyl (C=O) groups is 1. The molecule has 3 rings (SSSR count). The van der Waals surface area contributed by atoms with E-state index >= 15 is 0 Å². The predicted octanol–water partition coefficient (Wildman–Crippen LogP) is 2.31. The van der Waals surface area contributed by atoms with Crippen LogP contribution in [0.25, 0.3) is 11.1 Å². The van der Waals surface area contributed by atoms with Gasteiger partial charge in [0.05, 0.1) is 5.69 Å². The van der Waals surface area contributed by atoms with Gasteiger partial charge in [-0.2, -0.15) is 0 Å². The number of fused-ring (bicyclic) bond motifs is 1. The third kappa shape index (κ3) is 3.63. The van der Waals surface area contributed by atoms with Crippen LogP contribution < -0.4 is 10.6 Å². The summed E-state index contributed by atoms with van der Waals surface area (Å²) in [6.45, 7) is 5.07. The highest BCUT2D eigenvalue weighted by Gasteiger charge is 2.25. The van der Waals surface area contributed by atoms with E-state index in [0.29, 0.717) is 16.9 Å². The zero-order valence-electron chi connectivity index (χ0n) is 14.2. The summed E-state index contributed by atoms with van der Waals surface area (Å²) in [5.41, 5.74) is 2.98. The number of nitrogens with one attached hydrogen (secondary N) is 2. The van der Waals surface area contributed by atoms with E-state index in [1.54, 1.807) is 26.0 Å². The number of pyridine rings is 1. The van der Waals surface area contributed by atoms with Crippen LogP contribution in [0.15, 0.2) is 30.3 Å². The number of carbonyl (C=O) groups excluding carboxylic acids is 1. The van der Waals surface area contributed by atoms with Crippen LogP contribution in [-0.2, 0) is 0 Å². The summed E-state index contributed by atoms with van der Waals surface area (Å²) in [5, 5.41) is 24.9. The molecule has 0 saturated carbocycles. The van der Waals surface area contributed by atoms with Gasteiger partial charge in [-0.05, 0) is 38.8 Å². The Morgan fingerprint density at radius 1 is 1.20 bits per heavy atom. The van der Waals surface area contributed by atoms with Crippen molar-refractivity contribution in [2.75, 3.05) is 5.32 Å². The molecule has 128 valence electrons. The number of nitrogens with zero attached hydrogens (tertiary/aromatic N) is 1. The summed E-state index contributed by atoms with van der Waals surface area (Å²) in [4.78, 5) is 16.2. The minimum atomic E-state index is -1.08. The van der Waals surface area contributed by atoms with Gasteiger partial charge in [0, 0.05) is 22.4 Å². The van der Waals surface area contributed by atoms with Gasteiger partial charge >= 0.3 is 6.03 Å². The number of aromatic nitrogens is 1. The third-order valence-corrected chi connectivity index (χ3v) is 3.77. The van der Waals surface area contributed by atoms with E-state index in [1.807, 2.05) is 25.1 Å². The highest BCUT2D eigenvalue weighted by atomic mass is 16.3. The van der Waals surface area contributed by atoms with E-state index in [1.165, 1.54) is 0 Å². The predicted molar refractivity (Wildman–Crippen MR) is 94.7 cm³/mol. The van der Waals surface area contributed by atoms with Gasteiger partial charge in [0.15, 0.2) is 6.23 Å². The molecule has 25 heavy (non-hydrogen) atoms. The Morgan fingerprint density at radius 3 is 2.64 bits per heavy atom. The number of hydrogen-bond donors (Lipinski definition) is 4. The van der Waals surface area contributed by atoms with Gasteiger partial charge < -0.3 is 20.8 Å². The average Bonchev–Trinajstić information content (AvgIpc) is 2.52. The highest BCUT2D eigenvalue weighted by molar-refractivity contribution is 5.98.